The average Bonchev–Trinajstić information content (AvgIpc) is 2.76. The van der Waals surface area contributed by atoms with Gasteiger partial charge in [-0.2, -0.15) is 0 Å². The first-order valence-corrected chi connectivity index (χ1v) is 6.95. The second kappa shape index (κ2) is 5.03. The lowest BCUT2D eigenvalue weighted by atomic mass is 9.90. The molecule has 0 bridgehead atoms. The first-order chi connectivity index (χ1) is 9.25. The van der Waals surface area contributed by atoms with Crippen LogP contribution < -0.4 is 5.32 Å². The van der Waals surface area contributed by atoms with Crippen LogP contribution in [0.15, 0.2) is 18.2 Å². The smallest absolute Gasteiger partial charge is 0.152 e. The SMILES string of the molecule is Cc1nnc(CNc2cccc3c2CCCC3)n1C. The molecule has 1 N–H and O–H groups in total. The Hall–Kier alpha value is -1.84. The van der Waals surface area contributed by atoms with Crippen LogP contribution in [0, 0.1) is 6.92 Å². The summed E-state index contributed by atoms with van der Waals surface area (Å²) in [5, 5.41) is 11.8. The molecule has 1 aromatic heterocycles. The Morgan fingerprint density at radius 2 is 2.05 bits per heavy atom. The summed E-state index contributed by atoms with van der Waals surface area (Å²) in [4.78, 5) is 0. The van der Waals surface area contributed by atoms with E-state index in [0.717, 1.165) is 18.2 Å². The standard InChI is InChI=1S/C15H20N4/c1-11-17-18-15(19(11)2)10-16-14-9-5-7-12-6-3-4-8-13(12)14/h5,7,9,16H,3-4,6,8,10H2,1-2H3. The Bertz CT molecular complexity index is 586. The molecule has 1 aliphatic rings. The monoisotopic (exact) mass is 256 g/mol. The highest BCUT2D eigenvalue weighted by atomic mass is 15.3. The number of aryl methyl sites for hydroxylation is 2. The minimum Gasteiger partial charge on any atom is -0.378 e. The summed E-state index contributed by atoms with van der Waals surface area (Å²) in [5.41, 5.74) is 4.26. The van der Waals surface area contributed by atoms with Gasteiger partial charge in [0.1, 0.15) is 5.82 Å². The van der Waals surface area contributed by atoms with Crippen LogP contribution in [-0.2, 0) is 26.4 Å². The molecule has 1 heterocycles. The van der Waals surface area contributed by atoms with Gasteiger partial charge in [0.2, 0.25) is 0 Å². The molecule has 3 rings (SSSR count). The zero-order valence-electron chi connectivity index (χ0n) is 11.6. The summed E-state index contributed by atoms with van der Waals surface area (Å²) in [5.74, 6) is 1.93. The van der Waals surface area contributed by atoms with Crippen molar-refractivity contribution < 1.29 is 0 Å². The third-order valence-corrected chi connectivity index (χ3v) is 4.02. The van der Waals surface area contributed by atoms with Gasteiger partial charge in [0.15, 0.2) is 5.82 Å². The van der Waals surface area contributed by atoms with E-state index in [0.29, 0.717) is 0 Å². The predicted octanol–water partition coefficient (Wildman–Crippen LogP) is 2.61. The maximum atomic E-state index is 4.19. The van der Waals surface area contributed by atoms with Gasteiger partial charge in [-0.05, 0) is 49.8 Å². The largest absolute Gasteiger partial charge is 0.378 e. The van der Waals surface area contributed by atoms with E-state index in [1.807, 2.05) is 18.5 Å². The molecule has 0 unspecified atom stereocenters. The van der Waals surface area contributed by atoms with Gasteiger partial charge >= 0.3 is 0 Å². The van der Waals surface area contributed by atoms with Gasteiger partial charge < -0.3 is 9.88 Å². The van der Waals surface area contributed by atoms with Crippen molar-refractivity contribution in [3.63, 3.8) is 0 Å². The van der Waals surface area contributed by atoms with E-state index < -0.39 is 0 Å². The van der Waals surface area contributed by atoms with Gasteiger partial charge in [-0.15, -0.1) is 10.2 Å². The van der Waals surface area contributed by atoms with Gasteiger partial charge in [0.05, 0.1) is 6.54 Å². The Kier molecular flexibility index (Phi) is 3.23. The van der Waals surface area contributed by atoms with E-state index in [1.165, 1.54) is 42.5 Å². The highest BCUT2D eigenvalue weighted by Gasteiger charge is 2.13. The Labute approximate surface area is 113 Å². The number of hydrogen-bond donors (Lipinski definition) is 1. The third-order valence-electron chi connectivity index (χ3n) is 4.02. The van der Waals surface area contributed by atoms with Crippen molar-refractivity contribution in [3.8, 4) is 0 Å². The third kappa shape index (κ3) is 2.35. The minimum absolute atomic E-state index is 0.730. The molecule has 0 spiro atoms. The molecule has 0 aliphatic heterocycles. The molecule has 100 valence electrons. The molecule has 1 aliphatic carbocycles. The van der Waals surface area contributed by atoms with Crippen molar-refractivity contribution in [2.24, 2.45) is 7.05 Å². The molecule has 0 amide bonds. The van der Waals surface area contributed by atoms with Crippen molar-refractivity contribution in [1.29, 1.82) is 0 Å². The number of aromatic nitrogens is 3. The van der Waals surface area contributed by atoms with Gasteiger partial charge in [-0.25, -0.2) is 0 Å². The molecule has 19 heavy (non-hydrogen) atoms. The van der Waals surface area contributed by atoms with Crippen LogP contribution in [0.5, 0.6) is 0 Å². The zero-order valence-corrected chi connectivity index (χ0v) is 11.6. The number of nitrogens with zero attached hydrogens (tertiary/aromatic N) is 3. The summed E-state index contributed by atoms with van der Waals surface area (Å²) < 4.78 is 2.03. The normalized spacial score (nSPS) is 14.2. The summed E-state index contributed by atoms with van der Waals surface area (Å²) >= 11 is 0. The molecular weight excluding hydrogens is 236 g/mol. The van der Waals surface area contributed by atoms with Crippen molar-refractivity contribution in [2.45, 2.75) is 39.2 Å². The molecule has 4 nitrogen and oxygen atoms in total. The fourth-order valence-corrected chi connectivity index (χ4v) is 2.73. The zero-order chi connectivity index (χ0) is 13.2. The lowest BCUT2D eigenvalue weighted by Crippen LogP contribution is -2.11. The average molecular weight is 256 g/mol. The van der Waals surface area contributed by atoms with E-state index >= 15 is 0 Å². The molecule has 0 fully saturated rings. The Morgan fingerprint density at radius 1 is 1.21 bits per heavy atom. The maximum absolute atomic E-state index is 4.19. The fraction of sp³-hybridized carbons (Fsp3) is 0.467. The first kappa shape index (κ1) is 12.2. The highest BCUT2D eigenvalue weighted by molar-refractivity contribution is 5.55. The van der Waals surface area contributed by atoms with Gasteiger partial charge in [-0.1, -0.05) is 12.1 Å². The first-order valence-electron chi connectivity index (χ1n) is 6.95. The Morgan fingerprint density at radius 3 is 2.84 bits per heavy atom. The second-order valence-electron chi connectivity index (χ2n) is 5.23. The molecule has 0 saturated heterocycles. The van der Waals surface area contributed by atoms with Crippen molar-refractivity contribution in [3.05, 3.63) is 41.0 Å². The lowest BCUT2D eigenvalue weighted by molar-refractivity contribution is 0.685. The van der Waals surface area contributed by atoms with Crippen molar-refractivity contribution >= 4 is 5.69 Å². The number of anilines is 1. The topological polar surface area (TPSA) is 42.7 Å². The van der Waals surface area contributed by atoms with Crippen LogP contribution >= 0.6 is 0 Å². The van der Waals surface area contributed by atoms with Crippen LogP contribution in [-0.4, -0.2) is 14.8 Å². The van der Waals surface area contributed by atoms with E-state index in [9.17, 15) is 0 Å². The van der Waals surface area contributed by atoms with Crippen molar-refractivity contribution in [1.82, 2.24) is 14.8 Å². The van der Waals surface area contributed by atoms with Crippen LogP contribution in [0.4, 0.5) is 5.69 Å². The number of benzene rings is 1. The number of fused-ring (bicyclic) bond motifs is 1. The lowest BCUT2D eigenvalue weighted by Gasteiger charge is -2.20. The molecule has 2 aromatic rings. The van der Waals surface area contributed by atoms with Gasteiger partial charge in [0, 0.05) is 12.7 Å². The van der Waals surface area contributed by atoms with E-state index in [2.05, 4.69) is 33.7 Å². The quantitative estimate of drug-likeness (QED) is 0.918. The molecule has 0 radical (unpaired) electrons. The van der Waals surface area contributed by atoms with Crippen LogP contribution in [0.3, 0.4) is 0 Å². The van der Waals surface area contributed by atoms with E-state index in [-0.39, 0.29) is 0 Å². The summed E-state index contributed by atoms with van der Waals surface area (Å²) in [6, 6.07) is 6.58. The second-order valence-corrected chi connectivity index (χ2v) is 5.23. The molecule has 0 saturated carbocycles. The maximum Gasteiger partial charge on any atom is 0.152 e. The highest BCUT2D eigenvalue weighted by Crippen LogP contribution is 2.28. The molecule has 0 atom stereocenters. The predicted molar refractivity (Wildman–Crippen MR) is 76.2 cm³/mol. The van der Waals surface area contributed by atoms with E-state index in [4.69, 9.17) is 0 Å². The summed E-state index contributed by atoms with van der Waals surface area (Å²) in [6.45, 7) is 2.70. The Balaban J connectivity index is 1.79. The van der Waals surface area contributed by atoms with Crippen LogP contribution in [0.25, 0.3) is 0 Å². The number of rotatable bonds is 3. The van der Waals surface area contributed by atoms with Gasteiger partial charge in [0.25, 0.3) is 0 Å². The summed E-state index contributed by atoms with van der Waals surface area (Å²) in [6.07, 6.45) is 5.03. The van der Waals surface area contributed by atoms with Crippen molar-refractivity contribution in [2.75, 3.05) is 5.32 Å². The number of hydrogen-bond acceptors (Lipinski definition) is 3. The molecule has 1 aromatic carbocycles. The van der Waals surface area contributed by atoms with Crippen LogP contribution in [0.1, 0.15) is 35.6 Å². The van der Waals surface area contributed by atoms with Gasteiger partial charge in [-0.3, -0.25) is 0 Å². The van der Waals surface area contributed by atoms with Crippen LogP contribution in [0.2, 0.25) is 0 Å². The molecular formula is C15H20N4. The van der Waals surface area contributed by atoms with E-state index in [1.54, 1.807) is 0 Å². The summed E-state index contributed by atoms with van der Waals surface area (Å²) in [7, 11) is 2.01. The number of nitrogens with one attached hydrogen (secondary N) is 1. The minimum atomic E-state index is 0.730. The molecule has 4 heteroatoms. The fourth-order valence-electron chi connectivity index (χ4n) is 2.73.